The van der Waals surface area contributed by atoms with Crippen LogP contribution in [0.5, 0.6) is 11.5 Å². The van der Waals surface area contributed by atoms with E-state index in [-0.39, 0.29) is 18.0 Å². The number of amides is 1. The van der Waals surface area contributed by atoms with E-state index in [2.05, 4.69) is 26.1 Å². The third kappa shape index (κ3) is 5.51. The fourth-order valence-corrected chi connectivity index (χ4v) is 2.92. The van der Waals surface area contributed by atoms with Gasteiger partial charge in [0, 0.05) is 5.69 Å². The molecule has 0 fully saturated rings. The Hall–Kier alpha value is -4.59. The summed E-state index contributed by atoms with van der Waals surface area (Å²) in [5.41, 5.74) is 13.5. The van der Waals surface area contributed by atoms with Gasteiger partial charge in [-0.2, -0.15) is 0 Å². The number of anilines is 4. The molecule has 8 heteroatoms. The van der Waals surface area contributed by atoms with Crippen LogP contribution in [0.2, 0.25) is 0 Å². The fraction of sp³-hybridized carbons (Fsp3) is 0.0417. The molecule has 0 atom stereocenters. The van der Waals surface area contributed by atoms with Gasteiger partial charge in [-0.25, -0.2) is 9.97 Å². The molecule has 160 valence electrons. The monoisotopic (exact) mass is 426 g/mol. The molecular weight excluding hydrogens is 404 g/mol. The number of benzene rings is 3. The van der Waals surface area contributed by atoms with Crippen molar-refractivity contribution >= 4 is 28.9 Å². The molecular formula is C24H22N6O2. The summed E-state index contributed by atoms with van der Waals surface area (Å²) < 4.78 is 5.80. The lowest BCUT2D eigenvalue weighted by atomic mass is 10.1. The molecule has 0 aliphatic heterocycles. The van der Waals surface area contributed by atoms with Crippen LogP contribution in [-0.4, -0.2) is 15.9 Å². The van der Waals surface area contributed by atoms with Gasteiger partial charge < -0.3 is 15.8 Å². The molecule has 0 spiro atoms. The minimum atomic E-state index is -0.210. The molecule has 5 N–H and O–H groups in total. The average molecular weight is 426 g/mol. The van der Waals surface area contributed by atoms with Crippen LogP contribution in [0.1, 0.15) is 5.56 Å². The molecule has 4 aromatic rings. The van der Waals surface area contributed by atoms with Crippen molar-refractivity contribution in [1.29, 1.82) is 0 Å². The second-order valence-corrected chi connectivity index (χ2v) is 6.88. The van der Waals surface area contributed by atoms with E-state index in [1.807, 2.05) is 84.9 Å². The summed E-state index contributed by atoms with van der Waals surface area (Å²) in [5, 5.41) is 3.15. The van der Waals surface area contributed by atoms with E-state index in [4.69, 9.17) is 10.5 Å². The van der Waals surface area contributed by atoms with Gasteiger partial charge in [-0.3, -0.25) is 15.6 Å². The van der Waals surface area contributed by atoms with Crippen LogP contribution in [0.25, 0.3) is 0 Å². The Morgan fingerprint density at radius 3 is 2.16 bits per heavy atom. The topological polar surface area (TPSA) is 114 Å². The second kappa shape index (κ2) is 9.94. The zero-order chi connectivity index (χ0) is 22.2. The van der Waals surface area contributed by atoms with E-state index in [9.17, 15) is 4.79 Å². The maximum absolute atomic E-state index is 12.2. The molecule has 0 bridgehead atoms. The number of aromatic nitrogens is 2. The Morgan fingerprint density at radius 1 is 0.812 bits per heavy atom. The van der Waals surface area contributed by atoms with Gasteiger partial charge in [0.25, 0.3) is 0 Å². The SMILES string of the molecule is Nc1c(NNC(=O)Cc2ccccc2)ncnc1Nc1ccc(Oc2ccccc2)cc1. The normalized spacial score (nSPS) is 10.2. The Kier molecular flexibility index (Phi) is 6.42. The van der Waals surface area contributed by atoms with Gasteiger partial charge in [-0.15, -0.1) is 0 Å². The van der Waals surface area contributed by atoms with Crippen molar-refractivity contribution in [3.05, 3.63) is 96.8 Å². The molecule has 1 aromatic heterocycles. The molecule has 8 nitrogen and oxygen atoms in total. The smallest absolute Gasteiger partial charge is 0.242 e. The summed E-state index contributed by atoms with van der Waals surface area (Å²) in [6.07, 6.45) is 1.60. The molecule has 0 radical (unpaired) electrons. The quantitative estimate of drug-likeness (QED) is 0.311. The second-order valence-electron chi connectivity index (χ2n) is 6.88. The number of hydrogen-bond acceptors (Lipinski definition) is 7. The molecule has 32 heavy (non-hydrogen) atoms. The highest BCUT2D eigenvalue weighted by atomic mass is 16.5. The number of para-hydroxylation sites is 1. The highest BCUT2D eigenvalue weighted by Crippen LogP contribution is 2.27. The Labute approximate surface area is 185 Å². The van der Waals surface area contributed by atoms with Crippen LogP contribution in [0.15, 0.2) is 91.3 Å². The summed E-state index contributed by atoms with van der Waals surface area (Å²) in [6.45, 7) is 0. The van der Waals surface area contributed by atoms with Gasteiger partial charge >= 0.3 is 0 Å². The molecule has 0 aliphatic carbocycles. The third-order valence-electron chi connectivity index (χ3n) is 4.51. The molecule has 1 amide bonds. The van der Waals surface area contributed by atoms with Gasteiger partial charge in [0.2, 0.25) is 5.91 Å². The van der Waals surface area contributed by atoms with Crippen LogP contribution in [0.4, 0.5) is 23.0 Å². The third-order valence-corrected chi connectivity index (χ3v) is 4.51. The fourth-order valence-electron chi connectivity index (χ4n) is 2.92. The Bertz CT molecular complexity index is 1170. The van der Waals surface area contributed by atoms with Crippen LogP contribution < -0.4 is 26.6 Å². The number of carbonyl (C=O) groups is 1. The van der Waals surface area contributed by atoms with Crippen LogP contribution >= 0.6 is 0 Å². The maximum atomic E-state index is 12.2. The number of hydrazine groups is 1. The van der Waals surface area contributed by atoms with E-state index < -0.39 is 0 Å². The molecule has 1 heterocycles. The lowest BCUT2D eigenvalue weighted by molar-refractivity contribution is -0.119. The predicted molar refractivity (Wildman–Crippen MR) is 125 cm³/mol. The molecule has 3 aromatic carbocycles. The van der Waals surface area contributed by atoms with Crippen molar-refractivity contribution in [2.45, 2.75) is 6.42 Å². The van der Waals surface area contributed by atoms with Crippen molar-refractivity contribution in [3.8, 4) is 11.5 Å². The number of rotatable bonds is 8. The lowest BCUT2D eigenvalue weighted by Crippen LogP contribution is -2.31. The van der Waals surface area contributed by atoms with Gasteiger partial charge in [0.15, 0.2) is 11.6 Å². The van der Waals surface area contributed by atoms with Crippen molar-refractivity contribution in [3.63, 3.8) is 0 Å². The summed E-state index contributed by atoms with van der Waals surface area (Å²) in [6, 6.07) is 26.4. The van der Waals surface area contributed by atoms with E-state index in [1.165, 1.54) is 6.33 Å². The number of nitrogen functional groups attached to an aromatic ring is 1. The number of carbonyl (C=O) groups excluding carboxylic acids is 1. The number of nitrogens with one attached hydrogen (secondary N) is 3. The lowest BCUT2D eigenvalue weighted by Gasteiger charge is -2.13. The van der Waals surface area contributed by atoms with Gasteiger partial charge in [-0.1, -0.05) is 48.5 Å². The molecule has 0 unspecified atom stereocenters. The molecule has 0 saturated carbocycles. The van der Waals surface area contributed by atoms with Crippen LogP contribution in [-0.2, 0) is 11.2 Å². The maximum Gasteiger partial charge on any atom is 0.242 e. The predicted octanol–water partition coefficient (Wildman–Crippen LogP) is 4.28. The first-order valence-corrected chi connectivity index (χ1v) is 9.96. The highest BCUT2D eigenvalue weighted by molar-refractivity contribution is 5.82. The summed E-state index contributed by atoms with van der Waals surface area (Å²) in [7, 11) is 0. The van der Waals surface area contributed by atoms with E-state index in [1.54, 1.807) is 0 Å². The Balaban J connectivity index is 1.36. The first-order valence-electron chi connectivity index (χ1n) is 9.96. The minimum Gasteiger partial charge on any atom is -0.457 e. The van der Waals surface area contributed by atoms with E-state index >= 15 is 0 Å². The first-order chi connectivity index (χ1) is 15.7. The number of nitrogens with two attached hydrogens (primary N) is 1. The van der Waals surface area contributed by atoms with Crippen molar-refractivity contribution in [2.75, 3.05) is 16.5 Å². The minimum absolute atomic E-state index is 0.210. The van der Waals surface area contributed by atoms with E-state index in [0.717, 1.165) is 17.0 Å². The largest absolute Gasteiger partial charge is 0.457 e. The Morgan fingerprint density at radius 2 is 1.44 bits per heavy atom. The zero-order valence-electron chi connectivity index (χ0n) is 17.2. The standard InChI is InChI=1S/C24H22N6O2/c25-22-23(28-18-11-13-20(14-12-18)32-19-9-5-2-6-10-19)26-16-27-24(22)30-29-21(31)15-17-7-3-1-4-8-17/h1-14,16H,15,25H2,(H,29,31)(H2,26,27,28,30). The van der Waals surface area contributed by atoms with Crippen molar-refractivity contribution in [2.24, 2.45) is 0 Å². The molecule has 4 rings (SSSR count). The van der Waals surface area contributed by atoms with Crippen molar-refractivity contribution in [1.82, 2.24) is 15.4 Å². The highest BCUT2D eigenvalue weighted by Gasteiger charge is 2.10. The zero-order valence-corrected chi connectivity index (χ0v) is 17.2. The van der Waals surface area contributed by atoms with Gasteiger partial charge in [0.1, 0.15) is 23.5 Å². The van der Waals surface area contributed by atoms with E-state index in [0.29, 0.717) is 17.4 Å². The number of nitrogens with zero attached hydrogens (tertiary/aromatic N) is 2. The van der Waals surface area contributed by atoms with Gasteiger partial charge in [0.05, 0.1) is 6.42 Å². The summed E-state index contributed by atoms with van der Waals surface area (Å²) in [4.78, 5) is 20.4. The molecule has 0 saturated heterocycles. The average Bonchev–Trinajstić information content (AvgIpc) is 2.82. The summed E-state index contributed by atoms with van der Waals surface area (Å²) >= 11 is 0. The number of ether oxygens (including phenoxy) is 1. The van der Waals surface area contributed by atoms with Crippen molar-refractivity contribution < 1.29 is 9.53 Å². The number of hydrogen-bond donors (Lipinski definition) is 4. The van der Waals surface area contributed by atoms with Crippen LogP contribution in [0.3, 0.4) is 0 Å². The first kappa shape index (κ1) is 20.7. The van der Waals surface area contributed by atoms with Crippen LogP contribution in [0, 0.1) is 0 Å². The molecule has 0 aliphatic rings. The van der Waals surface area contributed by atoms with Gasteiger partial charge in [-0.05, 0) is 42.0 Å². The summed E-state index contributed by atoms with van der Waals surface area (Å²) in [5.74, 6) is 1.97.